The Labute approximate surface area is 150 Å². The van der Waals surface area contributed by atoms with Crippen LogP contribution in [0.2, 0.25) is 0 Å². The van der Waals surface area contributed by atoms with E-state index >= 15 is 0 Å². The third-order valence-electron chi connectivity index (χ3n) is 3.66. The Kier molecular flexibility index (Phi) is 7.51. The van der Waals surface area contributed by atoms with Crippen molar-refractivity contribution < 1.29 is 14.2 Å². The second-order valence-corrected chi connectivity index (χ2v) is 6.09. The van der Waals surface area contributed by atoms with Crippen molar-refractivity contribution in [2.75, 3.05) is 20.8 Å². The topological polar surface area (TPSA) is 39.7 Å². The smallest absolute Gasteiger partial charge is 0.161 e. The van der Waals surface area contributed by atoms with Crippen LogP contribution in [0.1, 0.15) is 23.6 Å². The normalized spacial score (nSPS) is 10.5. The van der Waals surface area contributed by atoms with Gasteiger partial charge in [0.1, 0.15) is 6.61 Å². The zero-order valence-corrected chi connectivity index (χ0v) is 15.3. The van der Waals surface area contributed by atoms with Crippen LogP contribution in [0.3, 0.4) is 0 Å². The van der Waals surface area contributed by atoms with Crippen molar-refractivity contribution in [3.63, 3.8) is 0 Å². The molecule has 0 radical (unpaired) electrons. The highest BCUT2D eigenvalue weighted by molar-refractivity contribution is 5.43. The first-order valence-electron chi connectivity index (χ1n) is 8.34. The predicted octanol–water partition coefficient (Wildman–Crippen LogP) is 4.09. The van der Waals surface area contributed by atoms with Crippen LogP contribution in [0.5, 0.6) is 11.5 Å². The molecule has 0 aliphatic rings. The Morgan fingerprint density at radius 3 is 2.36 bits per heavy atom. The Morgan fingerprint density at radius 1 is 0.960 bits per heavy atom. The Hall–Kier alpha value is -2.30. The molecule has 0 saturated heterocycles. The van der Waals surface area contributed by atoms with E-state index in [0.717, 1.165) is 35.7 Å². The van der Waals surface area contributed by atoms with E-state index in [1.54, 1.807) is 14.2 Å². The van der Waals surface area contributed by atoms with Crippen molar-refractivity contribution >= 4 is 0 Å². The lowest BCUT2D eigenvalue weighted by atomic mass is 10.1. The van der Waals surface area contributed by atoms with Gasteiger partial charge in [-0.15, -0.1) is 0 Å². The van der Waals surface area contributed by atoms with Crippen molar-refractivity contribution in [2.45, 2.75) is 26.6 Å². The molecule has 0 saturated carbocycles. The lowest BCUT2D eigenvalue weighted by Crippen LogP contribution is -2.13. The number of rotatable bonds is 10. The Balaban J connectivity index is 1.94. The quantitative estimate of drug-likeness (QED) is 0.661. The van der Waals surface area contributed by atoms with Crippen LogP contribution in [0.4, 0.5) is 0 Å². The van der Waals surface area contributed by atoms with Gasteiger partial charge in [0.25, 0.3) is 0 Å². The van der Waals surface area contributed by atoms with Crippen molar-refractivity contribution in [3.05, 3.63) is 71.3 Å². The Bertz CT molecular complexity index is 697. The fraction of sp³-hybridized carbons (Fsp3) is 0.333. The van der Waals surface area contributed by atoms with Crippen LogP contribution in [0.15, 0.2) is 54.6 Å². The van der Waals surface area contributed by atoms with Crippen LogP contribution in [-0.4, -0.2) is 20.8 Å². The molecule has 4 nitrogen and oxygen atoms in total. The molecular formula is C21H27NO3. The summed E-state index contributed by atoms with van der Waals surface area (Å²) in [5, 5.41) is 3.46. The van der Waals surface area contributed by atoms with Crippen LogP contribution in [0, 0.1) is 0 Å². The highest BCUT2D eigenvalue weighted by atomic mass is 16.5. The summed E-state index contributed by atoms with van der Waals surface area (Å²) in [7, 11) is 3.36. The van der Waals surface area contributed by atoms with E-state index in [9.17, 15) is 0 Å². The summed E-state index contributed by atoms with van der Waals surface area (Å²) in [6, 6.07) is 14.4. The van der Waals surface area contributed by atoms with Crippen molar-refractivity contribution in [1.82, 2.24) is 5.32 Å². The molecular weight excluding hydrogens is 314 g/mol. The molecule has 4 heteroatoms. The minimum Gasteiger partial charge on any atom is -0.493 e. The van der Waals surface area contributed by atoms with Gasteiger partial charge in [-0.05, 0) is 41.3 Å². The van der Waals surface area contributed by atoms with Gasteiger partial charge in [0.15, 0.2) is 11.5 Å². The van der Waals surface area contributed by atoms with Gasteiger partial charge in [-0.3, -0.25) is 0 Å². The van der Waals surface area contributed by atoms with Crippen molar-refractivity contribution in [1.29, 1.82) is 0 Å². The van der Waals surface area contributed by atoms with Gasteiger partial charge in [-0.1, -0.05) is 36.9 Å². The average Bonchev–Trinajstić information content (AvgIpc) is 2.61. The molecule has 0 bridgehead atoms. The van der Waals surface area contributed by atoms with E-state index in [2.05, 4.69) is 36.2 Å². The highest BCUT2D eigenvalue weighted by Crippen LogP contribution is 2.28. The fourth-order valence-electron chi connectivity index (χ4n) is 2.49. The molecule has 134 valence electrons. The maximum Gasteiger partial charge on any atom is 0.161 e. The minimum atomic E-state index is 0.486. The zero-order chi connectivity index (χ0) is 18.1. The number of benzene rings is 2. The molecule has 0 aromatic heterocycles. The fourth-order valence-corrected chi connectivity index (χ4v) is 2.49. The van der Waals surface area contributed by atoms with Gasteiger partial charge in [-0.25, -0.2) is 0 Å². The van der Waals surface area contributed by atoms with E-state index in [1.165, 1.54) is 11.1 Å². The lowest BCUT2D eigenvalue weighted by Gasteiger charge is -2.13. The van der Waals surface area contributed by atoms with Crippen molar-refractivity contribution in [3.8, 4) is 11.5 Å². The Morgan fingerprint density at radius 2 is 1.68 bits per heavy atom. The van der Waals surface area contributed by atoms with Gasteiger partial charge in [0.05, 0.1) is 13.7 Å². The van der Waals surface area contributed by atoms with Crippen molar-refractivity contribution in [2.24, 2.45) is 0 Å². The molecule has 2 aromatic carbocycles. The molecule has 2 rings (SSSR count). The molecule has 0 amide bonds. The van der Waals surface area contributed by atoms with Crippen LogP contribution >= 0.6 is 0 Å². The molecule has 0 fully saturated rings. The first-order chi connectivity index (χ1) is 12.1. The summed E-state index contributed by atoms with van der Waals surface area (Å²) < 4.78 is 16.3. The first-order valence-corrected chi connectivity index (χ1v) is 8.34. The van der Waals surface area contributed by atoms with Crippen LogP contribution < -0.4 is 14.8 Å². The second kappa shape index (κ2) is 9.87. The molecule has 0 heterocycles. The van der Waals surface area contributed by atoms with Gasteiger partial charge in [-0.2, -0.15) is 0 Å². The summed E-state index contributed by atoms with van der Waals surface area (Å²) in [5.41, 5.74) is 4.54. The molecule has 2 aromatic rings. The molecule has 25 heavy (non-hydrogen) atoms. The number of nitrogens with one attached hydrogen (secondary N) is 1. The third kappa shape index (κ3) is 6.25. The van der Waals surface area contributed by atoms with E-state index in [-0.39, 0.29) is 0 Å². The summed E-state index contributed by atoms with van der Waals surface area (Å²) in [6.07, 6.45) is 0. The monoisotopic (exact) mass is 341 g/mol. The van der Waals surface area contributed by atoms with E-state index in [1.807, 2.05) is 25.1 Å². The third-order valence-corrected chi connectivity index (χ3v) is 3.66. The lowest BCUT2D eigenvalue weighted by molar-refractivity contribution is 0.185. The number of methoxy groups -OCH3 is 2. The molecule has 0 spiro atoms. The largest absolute Gasteiger partial charge is 0.493 e. The maximum atomic E-state index is 5.77. The first kappa shape index (κ1) is 19.0. The SMILES string of the molecule is C=C(C)COc1cc(CNCc2cccc(COC)c2)ccc1OC. The average molecular weight is 341 g/mol. The van der Waals surface area contributed by atoms with Crippen LogP contribution in [-0.2, 0) is 24.4 Å². The molecule has 0 atom stereocenters. The summed E-state index contributed by atoms with van der Waals surface area (Å²) in [6.45, 7) is 8.47. The van der Waals surface area contributed by atoms with Gasteiger partial charge < -0.3 is 19.5 Å². The van der Waals surface area contributed by atoms with Gasteiger partial charge in [0, 0.05) is 20.2 Å². The van der Waals surface area contributed by atoms with Gasteiger partial charge >= 0.3 is 0 Å². The molecule has 0 unspecified atom stereocenters. The highest BCUT2D eigenvalue weighted by Gasteiger charge is 2.06. The number of ether oxygens (including phenoxy) is 3. The standard InChI is InChI=1S/C21H27NO3/c1-16(2)14-25-21-11-18(8-9-20(21)24-4)13-22-12-17-6-5-7-19(10-17)15-23-3/h5-11,22H,1,12-15H2,2-4H3. The van der Waals surface area contributed by atoms with E-state index in [4.69, 9.17) is 14.2 Å². The summed E-state index contributed by atoms with van der Waals surface area (Å²) in [4.78, 5) is 0. The van der Waals surface area contributed by atoms with E-state index in [0.29, 0.717) is 13.2 Å². The number of hydrogen-bond donors (Lipinski definition) is 1. The zero-order valence-electron chi connectivity index (χ0n) is 15.3. The predicted molar refractivity (Wildman–Crippen MR) is 101 cm³/mol. The molecule has 0 aliphatic carbocycles. The summed E-state index contributed by atoms with van der Waals surface area (Å²) >= 11 is 0. The second-order valence-electron chi connectivity index (χ2n) is 6.09. The number of hydrogen-bond acceptors (Lipinski definition) is 4. The summed E-state index contributed by atoms with van der Waals surface area (Å²) in [5.74, 6) is 1.48. The van der Waals surface area contributed by atoms with Gasteiger partial charge in [0.2, 0.25) is 0 Å². The minimum absolute atomic E-state index is 0.486. The molecule has 1 N–H and O–H groups in total. The molecule has 0 aliphatic heterocycles. The van der Waals surface area contributed by atoms with Crippen LogP contribution in [0.25, 0.3) is 0 Å². The van der Waals surface area contributed by atoms with E-state index < -0.39 is 0 Å². The maximum absolute atomic E-state index is 5.77.